The Balaban J connectivity index is 1.90. The molecule has 1 amide bonds. The van der Waals surface area contributed by atoms with Gasteiger partial charge in [-0.3, -0.25) is 9.69 Å². The van der Waals surface area contributed by atoms with Crippen molar-refractivity contribution < 1.29 is 4.79 Å². The minimum Gasteiger partial charge on any atom is -0.293 e. The van der Waals surface area contributed by atoms with Crippen LogP contribution in [0.25, 0.3) is 16.5 Å². The van der Waals surface area contributed by atoms with E-state index < -0.39 is 0 Å². The topological polar surface area (TPSA) is 20.3 Å². The van der Waals surface area contributed by atoms with Crippen LogP contribution in [-0.4, -0.2) is 21.7 Å². The highest BCUT2D eigenvalue weighted by Gasteiger charge is 2.30. The zero-order chi connectivity index (χ0) is 15.7. The monoisotopic (exact) mass is 365 g/mol. The third-order valence-electron chi connectivity index (χ3n) is 3.23. The first-order valence-electron chi connectivity index (χ1n) is 6.70. The summed E-state index contributed by atoms with van der Waals surface area (Å²) in [5.74, 6) is -0.00908. The number of rotatable bonds is 3. The highest BCUT2D eigenvalue weighted by Crippen LogP contribution is 2.37. The van der Waals surface area contributed by atoms with Gasteiger partial charge in [0.2, 0.25) is 0 Å². The van der Waals surface area contributed by atoms with E-state index in [0.717, 1.165) is 20.3 Å². The molecule has 2 nitrogen and oxygen atoms in total. The lowest BCUT2D eigenvalue weighted by Gasteiger charge is -2.09. The summed E-state index contributed by atoms with van der Waals surface area (Å²) >= 11 is 14.4. The van der Waals surface area contributed by atoms with Crippen LogP contribution in [0.4, 0.5) is 0 Å². The maximum atomic E-state index is 12.2. The summed E-state index contributed by atoms with van der Waals surface area (Å²) < 4.78 is 0.627. The Morgan fingerprint density at radius 1 is 1.27 bits per heavy atom. The van der Waals surface area contributed by atoms with Crippen LogP contribution >= 0.6 is 46.9 Å². The Morgan fingerprint density at radius 2 is 2.05 bits per heavy atom. The van der Waals surface area contributed by atoms with Crippen LogP contribution < -0.4 is 0 Å². The highest BCUT2D eigenvalue weighted by molar-refractivity contribution is 8.26. The zero-order valence-corrected chi connectivity index (χ0v) is 14.9. The molecule has 1 aliphatic heterocycles. The normalized spacial score (nSPS) is 16.8. The predicted octanol–water partition coefficient (Wildman–Crippen LogP) is 5.29. The van der Waals surface area contributed by atoms with Gasteiger partial charge in [0.25, 0.3) is 5.91 Å². The number of thiocarbonyl (C=S) groups is 1. The average molecular weight is 366 g/mol. The molecular weight excluding hydrogens is 354 g/mol. The number of thioether (sulfide) groups is 1. The second-order valence-electron chi connectivity index (χ2n) is 4.61. The van der Waals surface area contributed by atoms with E-state index in [4.69, 9.17) is 23.8 Å². The van der Waals surface area contributed by atoms with E-state index >= 15 is 0 Å². The van der Waals surface area contributed by atoms with Crippen molar-refractivity contribution >= 4 is 63.2 Å². The van der Waals surface area contributed by atoms with Crippen molar-refractivity contribution in [2.75, 3.05) is 6.54 Å². The molecule has 0 radical (unpaired) electrons. The minimum absolute atomic E-state index is 0.00908. The van der Waals surface area contributed by atoms with E-state index in [-0.39, 0.29) is 5.91 Å². The third kappa shape index (κ3) is 2.99. The number of thiophene rings is 1. The molecule has 1 aliphatic rings. The summed E-state index contributed by atoms with van der Waals surface area (Å²) in [6.45, 7) is 2.53. The molecule has 0 unspecified atom stereocenters. The molecule has 1 aromatic carbocycles. The van der Waals surface area contributed by atoms with E-state index in [1.165, 1.54) is 11.8 Å². The number of nitrogens with zero attached hydrogens (tertiary/aromatic N) is 1. The Morgan fingerprint density at radius 3 is 2.73 bits per heavy atom. The van der Waals surface area contributed by atoms with Gasteiger partial charge in [-0.15, -0.1) is 11.3 Å². The van der Waals surface area contributed by atoms with Gasteiger partial charge in [-0.2, -0.15) is 0 Å². The molecule has 3 rings (SSSR count). The van der Waals surface area contributed by atoms with Gasteiger partial charge in [0.1, 0.15) is 4.32 Å². The summed E-state index contributed by atoms with van der Waals surface area (Å²) in [6.07, 6.45) is 1.90. The summed E-state index contributed by atoms with van der Waals surface area (Å²) in [5, 5.41) is 0.730. The summed E-state index contributed by atoms with van der Waals surface area (Å²) in [6, 6.07) is 11.8. The fourth-order valence-electron chi connectivity index (χ4n) is 2.14. The summed E-state index contributed by atoms with van der Waals surface area (Å²) in [4.78, 5) is 16.6. The average Bonchev–Trinajstić information content (AvgIpc) is 3.05. The number of amides is 1. The first kappa shape index (κ1) is 15.7. The van der Waals surface area contributed by atoms with Crippen LogP contribution in [0.3, 0.4) is 0 Å². The Kier molecular flexibility index (Phi) is 4.68. The molecule has 2 heterocycles. The number of carbonyl (C=O) groups excluding carboxylic acids is 1. The van der Waals surface area contributed by atoms with E-state index in [1.807, 2.05) is 49.4 Å². The molecule has 1 fully saturated rings. The molecule has 0 N–H and O–H groups in total. The summed E-state index contributed by atoms with van der Waals surface area (Å²) in [5.41, 5.74) is 1.01. The molecule has 0 saturated carbocycles. The molecule has 112 valence electrons. The van der Waals surface area contributed by atoms with Gasteiger partial charge in [0.05, 0.1) is 4.91 Å². The van der Waals surface area contributed by atoms with Crippen molar-refractivity contribution in [3.05, 3.63) is 51.2 Å². The first-order valence-corrected chi connectivity index (χ1v) is 9.12. The van der Waals surface area contributed by atoms with Crippen molar-refractivity contribution in [2.45, 2.75) is 6.92 Å². The third-order valence-corrected chi connectivity index (χ3v) is 6.00. The number of likely N-dealkylation sites (N-methyl/N-ethyl adjacent to an activating group) is 1. The molecule has 6 heteroatoms. The lowest BCUT2D eigenvalue weighted by molar-refractivity contribution is -0.121. The molecule has 2 aromatic rings. The molecular formula is C16H12ClNOS3. The van der Waals surface area contributed by atoms with Gasteiger partial charge < -0.3 is 0 Å². The van der Waals surface area contributed by atoms with Gasteiger partial charge in [0.15, 0.2) is 0 Å². The smallest absolute Gasteiger partial charge is 0.266 e. The zero-order valence-electron chi connectivity index (χ0n) is 11.7. The predicted molar refractivity (Wildman–Crippen MR) is 100 cm³/mol. The quantitative estimate of drug-likeness (QED) is 0.544. The Bertz CT molecular complexity index is 781. The molecule has 1 aromatic heterocycles. The number of carbonyl (C=O) groups is 1. The number of halogens is 1. The van der Waals surface area contributed by atoms with Crippen molar-refractivity contribution in [3.8, 4) is 10.4 Å². The summed E-state index contributed by atoms with van der Waals surface area (Å²) in [7, 11) is 0. The van der Waals surface area contributed by atoms with Crippen molar-refractivity contribution in [1.29, 1.82) is 0 Å². The fourth-order valence-corrected chi connectivity index (χ4v) is 4.87. The van der Waals surface area contributed by atoms with Gasteiger partial charge in [-0.25, -0.2) is 0 Å². The van der Waals surface area contributed by atoms with Crippen LogP contribution in [0.1, 0.15) is 11.8 Å². The lowest BCUT2D eigenvalue weighted by Crippen LogP contribution is -2.27. The molecule has 0 aliphatic carbocycles. The van der Waals surface area contributed by atoms with Crippen molar-refractivity contribution in [3.63, 3.8) is 0 Å². The second kappa shape index (κ2) is 6.54. The van der Waals surface area contributed by atoms with Gasteiger partial charge >= 0.3 is 0 Å². The van der Waals surface area contributed by atoms with Crippen molar-refractivity contribution in [1.82, 2.24) is 4.90 Å². The van der Waals surface area contributed by atoms with E-state index in [9.17, 15) is 4.79 Å². The van der Waals surface area contributed by atoms with E-state index in [0.29, 0.717) is 15.8 Å². The Hall–Kier alpha value is -1.14. The first-order chi connectivity index (χ1) is 10.6. The highest BCUT2D eigenvalue weighted by atomic mass is 35.5. The van der Waals surface area contributed by atoms with Gasteiger partial charge in [-0.1, -0.05) is 53.8 Å². The lowest BCUT2D eigenvalue weighted by atomic mass is 10.2. The fraction of sp³-hybridized carbons (Fsp3) is 0.125. The second-order valence-corrected chi connectivity index (χ2v) is 7.81. The minimum atomic E-state index is -0.00908. The van der Waals surface area contributed by atoms with Gasteiger partial charge in [0, 0.05) is 26.9 Å². The molecule has 0 bridgehead atoms. The maximum absolute atomic E-state index is 12.2. The van der Waals surface area contributed by atoms with Crippen LogP contribution in [-0.2, 0) is 4.79 Å². The maximum Gasteiger partial charge on any atom is 0.266 e. The van der Waals surface area contributed by atoms with E-state index in [1.54, 1.807) is 16.2 Å². The number of hydrogen-bond acceptors (Lipinski definition) is 4. The molecule has 0 spiro atoms. The Labute approximate surface area is 147 Å². The molecule has 1 saturated heterocycles. The molecule has 0 atom stereocenters. The number of hydrogen-bond donors (Lipinski definition) is 0. The number of benzene rings is 1. The van der Waals surface area contributed by atoms with E-state index in [2.05, 4.69) is 0 Å². The van der Waals surface area contributed by atoms with Crippen LogP contribution in [0.5, 0.6) is 0 Å². The largest absolute Gasteiger partial charge is 0.293 e. The standard InChI is InChI=1S/C16H12ClNOS3/c1-2-18-15(19)14(22-16(18)20)9-10-7-8-13(21-10)11-5-3-4-6-12(11)17/h3-9H,2H2,1H3. The van der Waals surface area contributed by atoms with Crippen molar-refractivity contribution in [2.24, 2.45) is 0 Å². The SMILES string of the molecule is CCN1C(=O)C(=Cc2ccc(-c3ccccc3Cl)s2)SC1=S. The van der Waals surface area contributed by atoms with Crippen LogP contribution in [0.2, 0.25) is 5.02 Å². The molecule has 22 heavy (non-hydrogen) atoms. The van der Waals surface area contributed by atoms with Crippen LogP contribution in [0.15, 0.2) is 41.3 Å². The van der Waals surface area contributed by atoms with Crippen LogP contribution in [0, 0.1) is 0 Å². The van der Waals surface area contributed by atoms with Gasteiger partial charge in [-0.05, 0) is 31.2 Å².